The molecule has 0 fully saturated rings. The highest BCUT2D eigenvalue weighted by atomic mass is 35.5. The number of benzene rings is 2. The molecule has 0 unspecified atom stereocenters. The lowest BCUT2D eigenvalue weighted by Crippen LogP contribution is -1.96. The van der Waals surface area contributed by atoms with Gasteiger partial charge in [0, 0.05) is 5.92 Å². The molecule has 3 rings (SSSR count). The molecule has 0 aromatic heterocycles. The van der Waals surface area contributed by atoms with E-state index < -0.39 is 0 Å². The molecule has 0 amide bonds. The zero-order valence-corrected chi connectivity index (χ0v) is 11.1. The Balaban J connectivity index is 2.06. The average molecular weight is 279 g/mol. The van der Waals surface area contributed by atoms with Crippen molar-refractivity contribution in [3.8, 4) is 0 Å². The Morgan fingerprint density at radius 1 is 0.944 bits per heavy atom. The molecule has 0 bridgehead atoms. The van der Waals surface area contributed by atoms with Gasteiger partial charge in [0.05, 0.1) is 16.1 Å². The van der Waals surface area contributed by atoms with Crippen LogP contribution in [0.25, 0.3) is 0 Å². The molecule has 1 aliphatic carbocycles. The first-order chi connectivity index (χ1) is 8.66. The Labute approximate surface area is 116 Å². The van der Waals surface area contributed by atoms with E-state index in [0.29, 0.717) is 16.5 Å². The van der Waals surface area contributed by atoms with Gasteiger partial charge in [0.25, 0.3) is 0 Å². The van der Waals surface area contributed by atoms with Crippen LogP contribution in [-0.2, 0) is 0 Å². The monoisotopic (exact) mass is 278 g/mol. The van der Waals surface area contributed by atoms with Gasteiger partial charge in [-0.15, -0.1) is 0 Å². The molecule has 3 heteroatoms. The van der Waals surface area contributed by atoms with Crippen molar-refractivity contribution < 1.29 is 5.11 Å². The fraction of sp³-hybridized carbons (Fsp3) is 0.200. The number of hydrogen-bond acceptors (Lipinski definition) is 1. The SMILES string of the molecule is O[C@H]1C[C@@H](c2ccc(Cl)c(Cl)c2)c2ccccc21. The fourth-order valence-electron chi connectivity index (χ4n) is 2.65. The Morgan fingerprint density at radius 2 is 1.67 bits per heavy atom. The summed E-state index contributed by atoms with van der Waals surface area (Å²) >= 11 is 12.0. The van der Waals surface area contributed by atoms with Crippen molar-refractivity contribution in [2.75, 3.05) is 0 Å². The van der Waals surface area contributed by atoms with Crippen LogP contribution in [-0.4, -0.2) is 5.11 Å². The van der Waals surface area contributed by atoms with Crippen LogP contribution >= 0.6 is 23.2 Å². The number of halogens is 2. The third-order valence-electron chi connectivity index (χ3n) is 3.54. The maximum Gasteiger partial charge on any atom is 0.0802 e. The van der Waals surface area contributed by atoms with Gasteiger partial charge in [-0.3, -0.25) is 0 Å². The van der Waals surface area contributed by atoms with Crippen LogP contribution in [0.5, 0.6) is 0 Å². The highest BCUT2D eigenvalue weighted by molar-refractivity contribution is 6.42. The molecule has 1 aliphatic rings. The maximum absolute atomic E-state index is 10.1. The Hall–Kier alpha value is -1.02. The first-order valence-corrected chi connectivity index (χ1v) is 6.64. The highest BCUT2D eigenvalue weighted by Gasteiger charge is 2.30. The molecule has 18 heavy (non-hydrogen) atoms. The first-order valence-electron chi connectivity index (χ1n) is 5.88. The fourth-order valence-corrected chi connectivity index (χ4v) is 2.96. The molecular formula is C15H12Cl2O. The van der Waals surface area contributed by atoms with E-state index in [1.54, 1.807) is 0 Å². The third-order valence-corrected chi connectivity index (χ3v) is 4.27. The van der Waals surface area contributed by atoms with Crippen LogP contribution in [0.1, 0.15) is 35.1 Å². The first kappa shape index (κ1) is 12.0. The van der Waals surface area contributed by atoms with Gasteiger partial charge >= 0.3 is 0 Å². The summed E-state index contributed by atoms with van der Waals surface area (Å²) in [4.78, 5) is 0. The van der Waals surface area contributed by atoms with Gasteiger partial charge in [-0.2, -0.15) is 0 Å². The summed E-state index contributed by atoms with van der Waals surface area (Å²) < 4.78 is 0. The molecule has 2 aromatic rings. The standard InChI is InChI=1S/C15H12Cl2O/c16-13-6-5-9(7-14(13)17)12-8-15(18)11-4-2-1-3-10(11)12/h1-7,12,15,18H,8H2/t12-,15-/m0/s1. The lowest BCUT2D eigenvalue weighted by Gasteiger charge is -2.12. The molecule has 0 radical (unpaired) electrons. The summed E-state index contributed by atoms with van der Waals surface area (Å²) in [5, 5.41) is 11.2. The van der Waals surface area contributed by atoms with Crippen LogP contribution < -0.4 is 0 Å². The van der Waals surface area contributed by atoms with E-state index in [9.17, 15) is 5.11 Å². The molecule has 2 aromatic carbocycles. The van der Waals surface area contributed by atoms with Crippen molar-refractivity contribution in [3.63, 3.8) is 0 Å². The molecule has 92 valence electrons. The molecule has 0 heterocycles. The van der Waals surface area contributed by atoms with Gasteiger partial charge in [0.15, 0.2) is 0 Å². The number of rotatable bonds is 1. The summed E-state index contributed by atoms with van der Waals surface area (Å²) in [6, 6.07) is 13.7. The van der Waals surface area contributed by atoms with E-state index in [1.165, 1.54) is 5.56 Å². The molecule has 0 saturated heterocycles. The molecule has 0 aliphatic heterocycles. The number of aliphatic hydroxyl groups excluding tert-OH is 1. The van der Waals surface area contributed by atoms with Gasteiger partial charge in [0.1, 0.15) is 0 Å². The van der Waals surface area contributed by atoms with E-state index in [4.69, 9.17) is 23.2 Å². The second-order valence-electron chi connectivity index (χ2n) is 4.61. The predicted octanol–water partition coefficient (Wildman–Crippen LogP) is 4.56. The van der Waals surface area contributed by atoms with Gasteiger partial charge in [-0.1, -0.05) is 53.5 Å². The summed E-state index contributed by atoms with van der Waals surface area (Å²) in [6.07, 6.45) is 0.317. The molecule has 1 nitrogen and oxygen atoms in total. The summed E-state index contributed by atoms with van der Waals surface area (Å²) in [5.74, 6) is 0.200. The van der Waals surface area contributed by atoms with E-state index >= 15 is 0 Å². The second-order valence-corrected chi connectivity index (χ2v) is 5.42. The van der Waals surface area contributed by atoms with Crippen molar-refractivity contribution in [1.29, 1.82) is 0 Å². The molecule has 0 spiro atoms. The van der Waals surface area contributed by atoms with Gasteiger partial charge < -0.3 is 5.11 Å². The zero-order valence-electron chi connectivity index (χ0n) is 9.61. The van der Waals surface area contributed by atoms with Crippen molar-refractivity contribution in [2.24, 2.45) is 0 Å². The van der Waals surface area contributed by atoms with E-state index in [1.807, 2.05) is 36.4 Å². The third kappa shape index (κ3) is 1.93. The largest absolute Gasteiger partial charge is 0.388 e. The molecular weight excluding hydrogens is 267 g/mol. The lowest BCUT2D eigenvalue weighted by molar-refractivity contribution is 0.176. The van der Waals surface area contributed by atoms with Crippen molar-refractivity contribution in [3.05, 3.63) is 69.2 Å². The quantitative estimate of drug-likeness (QED) is 0.811. The number of hydrogen-bond donors (Lipinski definition) is 1. The smallest absolute Gasteiger partial charge is 0.0802 e. The Morgan fingerprint density at radius 3 is 2.39 bits per heavy atom. The van der Waals surface area contributed by atoms with Crippen LogP contribution in [0.2, 0.25) is 10.0 Å². The summed E-state index contributed by atoms with van der Waals surface area (Å²) in [6.45, 7) is 0. The summed E-state index contributed by atoms with van der Waals surface area (Å²) in [7, 11) is 0. The van der Waals surface area contributed by atoms with E-state index in [0.717, 1.165) is 11.1 Å². The highest BCUT2D eigenvalue weighted by Crippen LogP contribution is 2.44. The molecule has 2 atom stereocenters. The molecule has 1 N–H and O–H groups in total. The minimum absolute atomic E-state index is 0.200. The Kier molecular flexibility index (Phi) is 3.06. The number of fused-ring (bicyclic) bond motifs is 1. The predicted molar refractivity (Wildman–Crippen MR) is 74.3 cm³/mol. The van der Waals surface area contributed by atoms with Crippen LogP contribution in [0.4, 0.5) is 0 Å². The van der Waals surface area contributed by atoms with Crippen LogP contribution in [0.3, 0.4) is 0 Å². The lowest BCUT2D eigenvalue weighted by atomic mass is 9.93. The second kappa shape index (κ2) is 4.58. The number of aliphatic hydroxyl groups is 1. The average Bonchev–Trinajstić information content (AvgIpc) is 2.71. The van der Waals surface area contributed by atoms with Gasteiger partial charge in [-0.05, 0) is 35.2 Å². The van der Waals surface area contributed by atoms with Crippen molar-refractivity contribution in [1.82, 2.24) is 0 Å². The topological polar surface area (TPSA) is 20.2 Å². The van der Waals surface area contributed by atoms with E-state index in [-0.39, 0.29) is 12.0 Å². The Bertz CT molecular complexity index is 595. The van der Waals surface area contributed by atoms with Gasteiger partial charge in [-0.25, -0.2) is 0 Å². The molecule has 0 saturated carbocycles. The van der Waals surface area contributed by atoms with Crippen molar-refractivity contribution in [2.45, 2.75) is 18.4 Å². The zero-order chi connectivity index (χ0) is 12.7. The normalized spacial score (nSPS) is 21.9. The minimum Gasteiger partial charge on any atom is -0.388 e. The van der Waals surface area contributed by atoms with Gasteiger partial charge in [0.2, 0.25) is 0 Å². The minimum atomic E-state index is -0.388. The van der Waals surface area contributed by atoms with Crippen molar-refractivity contribution >= 4 is 23.2 Å². The van der Waals surface area contributed by atoms with Crippen LogP contribution in [0, 0.1) is 0 Å². The van der Waals surface area contributed by atoms with Crippen LogP contribution in [0.15, 0.2) is 42.5 Å². The maximum atomic E-state index is 10.1. The summed E-state index contributed by atoms with van der Waals surface area (Å²) in [5.41, 5.74) is 3.31. The van der Waals surface area contributed by atoms with E-state index in [2.05, 4.69) is 6.07 Å².